The first-order chi connectivity index (χ1) is 7.61. The van der Waals surface area contributed by atoms with E-state index in [1.807, 2.05) is 6.92 Å². The Kier molecular flexibility index (Phi) is 4.98. The molecule has 90 valence electrons. The van der Waals surface area contributed by atoms with E-state index in [4.69, 9.17) is 9.84 Å². The molecule has 1 aliphatic rings. The predicted molar refractivity (Wildman–Crippen MR) is 58.0 cm³/mol. The fourth-order valence-corrected chi connectivity index (χ4v) is 1.70. The molecule has 0 heterocycles. The van der Waals surface area contributed by atoms with Crippen molar-refractivity contribution in [3.05, 3.63) is 11.1 Å². The molecular formula is C11H17NO4. The highest BCUT2D eigenvalue weighted by atomic mass is 16.5. The average Bonchev–Trinajstić information content (AvgIpc) is 2.63. The smallest absolute Gasteiger partial charge is 0.329 e. The minimum atomic E-state index is -0.999. The summed E-state index contributed by atoms with van der Waals surface area (Å²) in [6, 6.07) is 0. The van der Waals surface area contributed by atoms with E-state index in [0.29, 0.717) is 6.54 Å². The molecule has 5 nitrogen and oxygen atoms in total. The largest absolute Gasteiger partial charge is 0.480 e. The summed E-state index contributed by atoms with van der Waals surface area (Å²) < 4.78 is 4.80. The van der Waals surface area contributed by atoms with Crippen molar-refractivity contribution >= 4 is 11.9 Å². The van der Waals surface area contributed by atoms with Crippen molar-refractivity contribution in [2.24, 2.45) is 0 Å². The minimum absolute atomic E-state index is 0.0473. The number of hydrogen-bond acceptors (Lipinski definition) is 3. The monoisotopic (exact) mass is 227 g/mol. The van der Waals surface area contributed by atoms with Gasteiger partial charge in [-0.3, -0.25) is 4.79 Å². The summed E-state index contributed by atoms with van der Waals surface area (Å²) in [5.41, 5.74) is 2.03. The fourth-order valence-electron chi connectivity index (χ4n) is 1.70. The number of ether oxygens (including phenoxy) is 1. The third-order valence-electron chi connectivity index (χ3n) is 2.53. The van der Waals surface area contributed by atoms with E-state index >= 15 is 0 Å². The zero-order chi connectivity index (χ0) is 12.0. The summed E-state index contributed by atoms with van der Waals surface area (Å²) in [7, 11) is 0. The van der Waals surface area contributed by atoms with Gasteiger partial charge in [-0.15, -0.1) is 0 Å². The van der Waals surface area contributed by atoms with Gasteiger partial charge in [-0.1, -0.05) is 5.57 Å². The van der Waals surface area contributed by atoms with Crippen LogP contribution in [0.2, 0.25) is 0 Å². The van der Waals surface area contributed by atoms with Gasteiger partial charge in [-0.2, -0.15) is 0 Å². The summed E-state index contributed by atoms with van der Waals surface area (Å²) in [5.74, 6) is -1.05. The number of hydrogen-bond donors (Lipinski definition) is 2. The van der Waals surface area contributed by atoms with E-state index in [1.54, 1.807) is 0 Å². The molecule has 0 atom stereocenters. The second-order valence-corrected chi connectivity index (χ2v) is 3.81. The number of rotatable bonds is 6. The van der Waals surface area contributed by atoms with Crippen molar-refractivity contribution in [3.63, 3.8) is 0 Å². The van der Waals surface area contributed by atoms with Crippen LogP contribution >= 0.6 is 0 Å². The molecule has 0 aromatic rings. The van der Waals surface area contributed by atoms with Crippen LogP contribution in [-0.4, -0.2) is 36.7 Å². The summed E-state index contributed by atoms with van der Waals surface area (Å²) in [4.78, 5) is 21.7. The molecule has 0 unspecified atom stereocenters. The van der Waals surface area contributed by atoms with E-state index in [9.17, 15) is 9.59 Å². The minimum Gasteiger partial charge on any atom is -0.480 e. The second-order valence-electron chi connectivity index (χ2n) is 3.81. The summed E-state index contributed by atoms with van der Waals surface area (Å²) in [6.07, 6.45) is 2.88. The van der Waals surface area contributed by atoms with E-state index in [1.165, 1.54) is 0 Å². The molecule has 0 fully saturated rings. The van der Waals surface area contributed by atoms with Crippen LogP contribution in [0, 0.1) is 0 Å². The topological polar surface area (TPSA) is 75.6 Å². The molecule has 0 aliphatic heterocycles. The Morgan fingerprint density at radius 3 is 2.75 bits per heavy atom. The van der Waals surface area contributed by atoms with Crippen LogP contribution in [0.15, 0.2) is 11.1 Å². The zero-order valence-corrected chi connectivity index (χ0v) is 9.41. The van der Waals surface area contributed by atoms with Crippen LogP contribution in [0.5, 0.6) is 0 Å². The van der Waals surface area contributed by atoms with Crippen LogP contribution in [0.1, 0.15) is 26.2 Å². The van der Waals surface area contributed by atoms with Gasteiger partial charge in [-0.25, -0.2) is 4.79 Å². The quantitative estimate of drug-likeness (QED) is 0.655. The first-order valence-corrected chi connectivity index (χ1v) is 5.37. The number of aliphatic carboxylic acids is 1. The lowest BCUT2D eigenvalue weighted by atomic mass is 10.1. The number of carbonyl (C=O) groups is 2. The van der Waals surface area contributed by atoms with Crippen LogP contribution in [0.3, 0.4) is 0 Å². The maximum Gasteiger partial charge on any atom is 0.329 e. The van der Waals surface area contributed by atoms with Crippen molar-refractivity contribution in [2.45, 2.75) is 26.2 Å². The standard InChI is InChI=1S/C11H17NO4/c1-8-3-2-4-9(8)11(15)12-5-6-16-7-10(13)14/h2-7H2,1H3,(H,12,15)(H,13,14). The molecule has 0 radical (unpaired) electrons. The molecule has 16 heavy (non-hydrogen) atoms. The Hall–Kier alpha value is -1.36. The number of nitrogens with one attached hydrogen (secondary N) is 1. The Balaban J connectivity index is 2.16. The van der Waals surface area contributed by atoms with Crippen molar-refractivity contribution in [1.82, 2.24) is 5.32 Å². The second kappa shape index (κ2) is 6.27. The van der Waals surface area contributed by atoms with Gasteiger partial charge in [0.2, 0.25) is 5.91 Å². The molecule has 0 bridgehead atoms. The van der Waals surface area contributed by atoms with Gasteiger partial charge in [0.1, 0.15) is 6.61 Å². The van der Waals surface area contributed by atoms with Crippen molar-refractivity contribution in [1.29, 1.82) is 0 Å². The average molecular weight is 227 g/mol. The van der Waals surface area contributed by atoms with Gasteiger partial charge >= 0.3 is 5.97 Å². The highest BCUT2D eigenvalue weighted by Crippen LogP contribution is 2.25. The molecule has 0 aromatic carbocycles. The molecule has 1 aliphatic carbocycles. The van der Waals surface area contributed by atoms with E-state index in [-0.39, 0.29) is 19.1 Å². The van der Waals surface area contributed by atoms with Gasteiger partial charge in [-0.05, 0) is 26.2 Å². The molecule has 0 spiro atoms. The molecule has 0 saturated carbocycles. The number of amides is 1. The molecule has 2 N–H and O–H groups in total. The van der Waals surface area contributed by atoms with Crippen LogP contribution < -0.4 is 5.32 Å². The lowest BCUT2D eigenvalue weighted by Crippen LogP contribution is -2.29. The number of carboxylic acid groups (broad SMARTS) is 1. The van der Waals surface area contributed by atoms with Crippen molar-refractivity contribution in [2.75, 3.05) is 19.8 Å². The number of carbonyl (C=O) groups excluding carboxylic acids is 1. The molecule has 0 saturated heterocycles. The maximum atomic E-state index is 11.6. The summed E-state index contributed by atoms with van der Waals surface area (Å²) in [6.45, 7) is 2.23. The SMILES string of the molecule is CC1=C(C(=O)NCCOCC(=O)O)CCC1. The predicted octanol–water partition coefficient (Wildman–Crippen LogP) is 0.704. The third kappa shape index (κ3) is 4.02. The number of carboxylic acids is 1. The molecule has 1 rings (SSSR count). The highest BCUT2D eigenvalue weighted by molar-refractivity contribution is 5.94. The molecule has 5 heteroatoms. The van der Waals surface area contributed by atoms with Gasteiger partial charge in [0.25, 0.3) is 0 Å². The van der Waals surface area contributed by atoms with Gasteiger partial charge in [0.15, 0.2) is 0 Å². The molecule has 1 amide bonds. The first kappa shape index (κ1) is 12.7. The normalized spacial score (nSPS) is 15.3. The Labute approximate surface area is 94.5 Å². The number of allylic oxidation sites excluding steroid dienone is 1. The van der Waals surface area contributed by atoms with Gasteiger partial charge in [0.05, 0.1) is 6.61 Å². The fraction of sp³-hybridized carbons (Fsp3) is 0.636. The van der Waals surface area contributed by atoms with Crippen LogP contribution in [0.25, 0.3) is 0 Å². The summed E-state index contributed by atoms with van der Waals surface area (Å²) in [5, 5.41) is 11.0. The van der Waals surface area contributed by atoms with E-state index in [0.717, 1.165) is 30.4 Å². The van der Waals surface area contributed by atoms with Crippen molar-refractivity contribution < 1.29 is 19.4 Å². The van der Waals surface area contributed by atoms with E-state index in [2.05, 4.69) is 5.32 Å². The van der Waals surface area contributed by atoms with Gasteiger partial charge in [0, 0.05) is 12.1 Å². The Bertz CT molecular complexity index is 309. The lowest BCUT2D eigenvalue weighted by molar-refractivity contribution is -0.142. The lowest BCUT2D eigenvalue weighted by Gasteiger charge is -2.06. The van der Waals surface area contributed by atoms with Crippen LogP contribution in [-0.2, 0) is 14.3 Å². The maximum absolute atomic E-state index is 11.6. The summed E-state index contributed by atoms with van der Waals surface area (Å²) >= 11 is 0. The third-order valence-corrected chi connectivity index (χ3v) is 2.53. The first-order valence-electron chi connectivity index (χ1n) is 5.37. The van der Waals surface area contributed by atoms with Gasteiger partial charge < -0.3 is 15.2 Å². The Morgan fingerprint density at radius 1 is 1.44 bits per heavy atom. The Morgan fingerprint density at radius 2 is 2.19 bits per heavy atom. The van der Waals surface area contributed by atoms with Crippen LogP contribution in [0.4, 0.5) is 0 Å². The molecule has 0 aromatic heterocycles. The molecular weight excluding hydrogens is 210 g/mol. The van der Waals surface area contributed by atoms with E-state index < -0.39 is 5.97 Å². The zero-order valence-electron chi connectivity index (χ0n) is 9.41. The van der Waals surface area contributed by atoms with Crippen molar-refractivity contribution in [3.8, 4) is 0 Å². The highest BCUT2D eigenvalue weighted by Gasteiger charge is 2.17.